The lowest BCUT2D eigenvalue weighted by atomic mass is 9.99. The Kier molecular flexibility index (Phi) is 5.15. The fraction of sp³-hybridized carbons (Fsp3) is 0.143. The first-order chi connectivity index (χ1) is 9.04. The third kappa shape index (κ3) is 3.26. The highest BCUT2D eigenvalue weighted by Gasteiger charge is 2.19. The standard InChI is InChI=1S/C14H11BrCl3N/c1-19-14(9-6-5-8(15)7-12(9)17)10-3-2-4-11(16)13(10)18/h2-7,14,19H,1H3. The van der Waals surface area contributed by atoms with Crippen molar-refractivity contribution in [3.05, 3.63) is 67.1 Å². The van der Waals surface area contributed by atoms with Crippen molar-refractivity contribution in [2.45, 2.75) is 6.04 Å². The summed E-state index contributed by atoms with van der Waals surface area (Å²) >= 11 is 22.0. The third-order valence-corrected chi connectivity index (χ3v) is 4.51. The summed E-state index contributed by atoms with van der Waals surface area (Å²) in [7, 11) is 1.86. The molecule has 0 amide bonds. The van der Waals surface area contributed by atoms with Gasteiger partial charge in [0.1, 0.15) is 0 Å². The lowest BCUT2D eigenvalue weighted by molar-refractivity contribution is 0.692. The van der Waals surface area contributed by atoms with Gasteiger partial charge in [-0.25, -0.2) is 0 Å². The minimum atomic E-state index is -0.105. The van der Waals surface area contributed by atoms with E-state index in [1.54, 1.807) is 6.07 Å². The van der Waals surface area contributed by atoms with Gasteiger partial charge in [-0.15, -0.1) is 0 Å². The van der Waals surface area contributed by atoms with Crippen LogP contribution < -0.4 is 5.32 Å². The Morgan fingerprint density at radius 3 is 2.37 bits per heavy atom. The Balaban J connectivity index is 2.53. The highest BCUT2D eigenvalue weighted by atomic mass is 79.9. The second kappa shape index (κ2) is 6.47. The van der Waals surface area contributed by atoms with E-state index in [1.807, 2.05) is 37.4 Å². The highest BCUT2D eigenvalue weighted by molar-refractivity contribution is 9.10. The van der Waals surface area contributed by atoms with Gasteiger partial charge in [0.05, 0.1) is 16.1 Å². The van der Waals surface area contributed by atoms with Crippen molar-refractivity contribution in [2.75, 3.05) is 7.05 Å². The fourth-order valence-corrected chi connectivity index (χ4v) is 3.16. The Labute approximate surface area is 136 Å². The number of hydrogen-bond donors (Lipinski definition) is 1. The summed E-state index contributed by atoms with van der Waals surface area (Å²) in [6.45, 7) is 0. The average molecular weight is 380 g/mol. The normalized spacial score (nSPS) is 12.5. The molecule has 0 aliphatic carbocycles. The monoisotopic (exact) mass is 377 g/mol. The summed E-state index contributed by atoms with van der Waals surface area (Å²) < 4.78 is 0.938. The molecule has 1 N–H and O–H groups in total. The molecule has 1 nitrogen and oxygen atoms in total. The van der Waals surface area contributed by atoms with Crippen molar-refractivity contribution in [3.63, 3.8) is 0 Å². The van der Waals surface area contributed by atoms with Gasteiger partial charge in [0.2, 0.25) is 0 Å². The van der Waals surface area contributed by atoms with Crippen LogP contribution in [0.1, 0.15) is 17.2 Å². The molecule has 0 fully saturated rings. The van der Waals surface area contributed by atoms with Crippen LogP contribution in [-0.4, -0.2) is 7.05 Å². The largest absolute Gasteiger partial charge is 0.309 e. The first-order valence-corrected chi connectivity index (χ1v) is 7.53. The van der Waals surface area contributed by atoms with Crippen LogP contribution in [0, 0.1) is 0 Å². The summed E-state index contributed by atoms with van der Waals surface area (Å²) in [4.78, 5) is 0. The second-order valence-corrected chi connectivity index (χ2v) is 6.14. The van der Waals surface area contributed by atoms with E-state index in [2.05, 4.69) is 21.2 Å². The molecule has 0 radical (unpaired) electrons. The fourth-order valence-electron chi connectivity index (χ4n) is 1.96. The lowest BCUT2D eigenvalue weighted by Crippen LogP contribution is -2.18. The summed E-state index contributed by atoms with van der Waals surface area (Å²) in [5.74, 6) is 0. The third-order valence-electron chi connectivity index (χ3n) is 2.85. The Morgan fingerprint density at radius 2 is 1.74 bits per heavy atom. The smallest absolute Gasteiger partial charge is 0.0643 e. The molecule has 1 unspecified atom stereocenters. The molecular formula is C14H11BrCl3N. The molecule has 2 aromatic carbocycles. The van der Waals surface area contributed by atoms with E-state index >= 15 is 0 Å². The molecule has 0 spiro atoms. The first-order valence-electron chi connectivity index (χ1n) is 5.60. The van der Waals surface area contributed by atoms with Gasteiger partial charge in [-0.3, -0.25) is 0 Å². The van der Waals surface area contributed by atoms with Crippen LogP contribution in [0.3, 0.4) is 0 Å². The topological polar surface area (TPSA) is 12.0 Å². The zero-order chi connectivity index (χ0) is 14.0. The van der Waals surface area contributed by atoms with Crippen molar-refractivity contribution >= 4 is 50.7 Å². The van der Waals surface area contributed by atoms with Crippen LogP contribution >= 0.6 is 50.7 Å². The van der Waals surface area contributed by atoms with Gasteiger partial charge >= 0.3 is 0 Å². The number of halogens is 4. The van der Waals surface area contributed by atoms with Crippen LogP contribution in [0.25, 0.3) is 0 Å². The summed E-state index contributed by atoms with van der Waals surface area (Å²) in [5.41, 5.74) is 1.86. The molecule has 0 aromatic heterocycles. The molecule has 2 rings (SSSR count). The van der Waals surface area contributed by atoms with E-state index in [1.165, 1.54) is 0 Å². The number of rotatable bonds is 3. The number of nitrogens with one attached hydrogen (secondary N) is 1. The van der Waals surface area contributed by atoms with Crippen LogP contribution in [0.4, 0.5) is 0 Å². The second-order valence-electron chi connectivity index (χ2n) is 4.03. The molecular weight excluding hydrogens is 368 g/mol. The van der Waals surface area contributed by atoms with E-state index in [9.17, 15) is 0 Å². The van der Waals surface area contributed by atoms with Gasteiger partial charge in [0.25, 0.3) is 0 Å². The molecule has 0 saturated carbocycles. The molecule has 0 bridgehead atoms. The van der Waals surface area contributed by atoms with E-state index < -0.39 is 0 Å². The molecule has 0 heterocycles. The van der Waals surface area contributed by atoms with Gasteiger partial charge in [0.15, 0.2) is 0 Å². The minimum Gasteiger partial charge on any atom is -0.309 e. The Hall–Kier alpha value is -0.250. The first kappa shape index (κ1) is 15.1. The molecule has 100 valence electrons. The molecule has 5 heteroatoms. The molecule has 19 heavy (non-hydrogen) atoms. The molecule has 0 saturated heterocycles. The highest BCUT2D eigenvalue weighted by Crippen LogP contribution is 2.36. The summed E-state index contributed by atoms with van der Waals surface area (Å²) in [6.07, 6.45) is 0. The zero-order valence-electron chi connectivity index (χ0n) is 10.1. The van der Waals surface area contributed by atoms with Crippen LogP contribution in [0.5, 0.6) is 0 Å². The van der Waals surface area contributed by atoms with Crippen molar-refractivity contribution < 1.29 is 0 Å². The van der Waals surface area contributed by atoms with Gasteiger partial charge in [-0.05, 0) is 36.4 Å². The molecule has 0 aliphatic rings. The van der Waals surface area contributed by atoms with Crippen molar-refractivity contribution in [2.24, 2.45) is 0 Å². The summed E-state index contributed by atoms with van der Waals surface area (Å²) in [6, 6.07) is 11.2. The van der Waals surface area contributed by atoms with Crippen LogP contribution in [-0.2, 0) is 0 Å². The predicted octanol–water partition coefficient (Wildman–Crippen LogP) is 5.72. The maximum Gasteiger partial charge on any atom is 0.0643 e. The Morgan fingerprint density at radius 1 is 1.00 bits per heavy atom. The van der Waals surface area contributed by atoms with Crippen molar-refractivity contribution in [1.82, 2.24) is 5.32 Å². The Bertz CT molecular complexity index is 601. The zero-order valence-corrected chi connectivity index (χ0v) is 13.9. The molecule has 0 aliphatic heterocycles. The maximum atomic E-state index is 6.30. The van der Waals surface area contributed by atoms with E-state index in [0.717, 1.165) is 15.6 Å². The summed E-state index contributed by atoms with van der Waals surface area (Å²) in [5, 5.41) is 4.97. The quantitative estimate of drug-likeness (QED) is 0.719. The number of hydrogen-bond acceptors (Lipinski definition) is 1. The number of benzene rings is 2. The van der Waals surface area contributed by atoms with Gasteiger partial charge < -0.3 is 5.32 Å². The molecule has 1 atom stereocenters. The molecule has 2 aromatic rings. The van der Waals surface area contributed by atoms with Crippen molar-refractivity contribution in [3.8, 4) is 0 Å². The maximum absolute atomic E-state index is 6.30. The van der Waals surface area contributed by atoms with Crippen LogP contribution in [0.2, 0.25) is 15.1 Å². The van der Waals surface area contributed by atoms with E-state index in [4.69, 9.17) is 34.8 Å². The van der Waals surface area contributed by atoms with E-state index in [0.29, 0.717) is 15.1 Å². The average Bonchev–Trinajstić information content (AvgIpc) is 2.37. The van der Waals surface area contributed by atoms with Gasteiger partial charge in [-0.1, -0.05) is 68.9 Å². The lowest BCUT2D eigenvalue weighted by Gasteiger charge is -2.20. The predicted molar refractivity (Wildman–Crippen MR) is 86.5 cm³/mol. The van der Waals surface area contributed by atoms with Crippen molar-refractivity contribution in [1.29, 1.82) is 0 Å². The van der Waals surface area contributed by atoms with E-state index in [-0.39, 0.29) is 6.04 Å². The van der Waals surface area contributed by atoms with Crippen LogP contribution in [0.15, 0.2) is 40.9 Å². The SMILES string of the molecule is CNC(c1ccc(Br)cc1Cl)c1cccc(Cl)c1Cl. The van der Waals surface area contributed by atoms with Gasteiger partial charge in [-0.2, -0.15) is 0 Å². The minimum absolute atomic E-state index is 0.105. The van der Waals surface area contributed by atoms with Gasteiger partial charge in [0, 0.05) is 9.50 Å².